The first-order valence-corrected chi connectivity index (χ1v) is 12.1. The number of benzene rings is 3. The van der Waals surface area contributed by atoms with Crippen LogP contribution in [0.4, 0.5) is 13.2 Å². The molecular formula is C28H29F3N2O3. The van der Waals surface area contributed by atoms with Crippen LogP contribution >= 0.6 is 0 Å². The van der Waals surface area contributed by atoms with Gasteiger partial charge in [-0.15, -0.1) is 0 Å². The number of aliphatic carboxylic acids is 1. The highest BCUT2D eigenvalue weighted by Crippen LogP contribution is 2.45. The summed E-state index contributed by atoms with van der Waals surface area (Å²) in [6, 6.07) is 23.1. The van der Waals surface area contributed by atoms with E-state index in [0.29, 0.717) is 12.0 Å². The molecular weight excluding hydrogens is 469 g/mol. The van der Waals surface area contributed by atoms with Crippen LogP contribution < -0.4 is 5.32 Å². The van der Waals surface area contributed by atoms with Crippen LogP contribution in [0.3, 0.4) is 0 Å². The summed E-state index contributed by atoms with van der Waals surface area (Å²) in [5, 5.41) is 12.5. The van der Waals surface area contributed by atoms with Gasteiger partial charge in [-0.3, -0.25) is 4.79 Å². The summed E-state index contributed by atoms with van der Waals surface area (Å²) in [6.45, 7) is 3.88. The number of amides is 1. The molecule has 0 saturated carbocycles. The maximum absolute atomic E-state index is 12.5. The van der Waals surface area contributed by atoms with Gasteiger partial charge in [-0.25, -0.2) is 4.79 Å². The maximum atomic E-state index is 12.5. The number of carboxylic acid groups (broad SMARTS) is 1. The number of carbonyl (C=O) groups is 2. The minimum Gasteiger partial charge on any atom is -0.475 e. The number of aryl methyl sites for hydroxylation is 1. The van der Waals surface area contributed by atoms with E-state index in [2.05, 4.69) is 46.6 Å². The molecule has 36 heavy (non-hydrogen) atoms. The van der Waals surface area contributed by atoms with Crippen molar-refractivity contribution in [2.24, 2.45) is 0 Å². The standard InChI is InChI=1S/C26H28N2O.C2HF3O2/c29-25(23-10-9-20-5-1-2-7-22(20)19-23)27-15-18-28-16-13-26(14-17-28)12-11-21-6-3-4-8-24(21)26;3-2(4,5)1(6)7/h1-10,19H,11-18H2,(H,27,29);(H,6,7). The summed E-state index contributed by atoms with van der Waals surface area (Å²) in [5.74, 6) is -2.73. The van der Waals surface area contributed by atoms with E-state index >= 15 is 0 Å². The second-order valence-electron chi connectivity index (χ2n) is 9.40. The Labute approximate surface area is 207 Å². The molecule has 5 nitrogen and oxygen atoms in total. The molecule has 8 heteroatoms. The Morgan fingerprint density at radius 2 is 1.56 bits per heavy atom. The number of nitrogens with zero attached hydrogens (tertiary/aromatic N) is 1. The molecule has 0 aromatic heterocycles. The first kappa shape index (κ1) is 25.7. The molecule has 3 aromatic carbocycles. The van der Waals surface area contributed by atoms with Crippen molar-refractivity contribution >= 4 is 22.6 Å². The third-order valence-corrected chi connectivity index (χ3v) is 7.24. The summed E-state index contributed by atoms with van der Waals surface area (Å²) in [4.78, 5) is 23.9. The fraction of sp³-hybridized carbons (Fsp3) is 0.357. The molecule has 0 atom stereocenters. The summed E-state index contributed by atoms with van der Waals surface area (Å²) in [5.41, 5.74) is 4.30. The topological polar surface area (TPSA) is 69.6 Å². The minimum absolute atomic E-state index is 0.0222. The monoisotopic (exact) mass is 498 g/mol. The molecule has 5 rings (SSSR count). The fourth-order valence-electron chi connectivity index (χ4n) is 5.25. The highest BCUT2D eigenvalue weighted by atomic mass is 19.4. The van der Waals surface area contributed by atoms with E-state index < -0.39 is 12.1 Å². The van der Waals surface area contributed by atoms with Crippen molar-refractivity contribution in [2.45, 2.75) is 37.3 Å². The number of halogens is 3. The number of rotatable bonds is 4. The lowest BCUT2D eigenvalue weighted by atomic mass is 9.74. The molecule has 0 unspecified atom stereocenters. The Kier molecular flexibility index (Phi) is 7.64. The number of carbonyl (C=O) groups excluding carboxylic acids is 1. The molecule has 1 aliphatic carbocycles. The van der Waals surface area contributed by atoms with E-state index in [0.717, 1.165) is 30.6 Å². The van der Waals surface area contributed by atoms with Crippen LogP contribution in [-0.2, 0) is 16.6 Å². The average molecular weight is 499 g/mol. The number of fused-ring (bicyclic) bond motifs is 3. The van der Waals surface area contributed by atoms with Gasteiger partial charge in [-0.1, -0.05) is 54.6 Å². The number of nitrogens with one attached hydrogen (secondary N) is 1. The van der Waals surface area contributed by atoms with Crippen LogP contribution in [0.15, 0.2) is 66.7 Å². The molecule has 0 radical (unpaired) electrons. The molecule has 2 N–H and O–H groups in total. The summed E-state index contributed by atoms with van der Waals surface area (Å²) >= 11 is 0. The quantitative estimate of drug-likeness (QED) is 0.520. The SMILES string of the molecule is O=C(NCCN1CCC2(CCc3ccccc32)CC1)c1ccc2ccccc2c1.O=C(O)C(F)(F)F. The van der Waals surface area contributed by atoms with Crippen LogP contribution in [0.2, 0.25) is 0 Å². The van der Waals surface area contributed by atoms with E-state index in [-0.39, 0.29) is 5.91 Å². The van der Waals surface area contributed by atoms with E-state index in [1.54, 1.807) is 11.1 Å². The number of hydrogen-bond donors (Lipinski definition) is 2. The molecule has 1 saturated heterocycles. The van der Waals surface area contributed by atoms with Crippen molar-refractivity contribution in [2.75, 3.05) is 26.2 Å². The third kappa shape index (κ3) is 5.87. The zero-order valence-corrected chi connectivity index (χ0v) is 19.9. The zero-order valence-electron chi connectivity index (χ0n) is 19.9. The van der Waals surface area contributed by atoms with Crippen molar-refractivity contribution in [3.05, 3.63) is 83.4 Å². The van der Waals surface area contributed by atoms with Crippen LogP contribution in [0.25, 0.3) is 10.8 Å². The average Bonchev–Trinajstić information content (AvgIpc) is 3.23. The Morgan fingerprint density at radius 1 is 0.917 bits per heavy atom. The Hall–Kier alpha value is -3.39. The van der Waals surface area contributed by atoms with Gasteiger partial charge in [0.2, 0.25) is 0 Å². The normalized spacial score (nSPS) is 16.8. The number of carboxylic acids is 1. The van der Waals surface area contributed by atoms with Gasteiger partial charge in [0.05, 0.1) is 0 Å². The van der Waals surface area contributed by atoms with Crippen molar-refractivity contribution < 1.29 is 27.9 Å². The van der Waals surface area contributed by atoms with Gasteiger partial charge in [0.1, 0.15) is 0 Å². The van der Waals surface area contributed by atoms with Crippen molar-refractivity contribution in [1.82, 2.24) is 10.2 Å². The fourth-order valence-corrected chi connectivity index (χ4v) is 5.25. The Morgan fingerprint density at radius 3 is 2.25 bits per heavy atom. The van der Waals surface area contributed by atoms with Crippen molar-refractivity contribution in [3.63, 3.8) is 0 Å². The largest absolute Gasteiger partial charge is 0.490 e. The van der Waals surface area contributed by atoms with Gasteiger partial charge in [-0.05, 0) is 78.2 Å². The molecule has 0 bridgehead atoms. The van der Waals surface area contributed by atoms with E-state index in [1.807, 2.05) is 30.3 Å². The summed E-state index contributed by atoms with van der Waals surface area (Å²) in [7, 11) is 0. The molecule has 1 heterocycles. The molecule has 3 aromatic rings. The van der Waals surface area contributed by atoms with Gasteiger partial charge in [-0.2, -0.15) is 13.2 Å². The Bertz CT molecular complexity index is 1230. The lowest BCUT2D eigenvalue weighted by Crippen LogP contribution is -2.44. The van der Waals surface area contributed by atoms with E-state index in [4.69, 9.17) is 9.90 Å². The van der Waals surface area contributed by atoms with Gasteiger partial charge in [0.15, 0.2) is 0 Å². The predicted octanol–water partition coefficient (Wildman–Crippen LogP) is 5.18. The second kappa shape index (κ2) is 10.7. The number of hydrogen-bond acceptors (Lipinski definition) is 3. The Balaban J connectivity index is 0.000000384. The number of alkyl halides is 3. The van der Waals surface area contributed by atoms with Crippen LogP contribution in [0.1, 0.15) is 40.7 Å². The van der Waals surface area contributed by atoms with E-state index in [1.165, 1.54) is 31.1 Å². The number of piperidine rings is 1. The first-order chi connectivity index (χ1) is 17.2. The molecule has 1 fully saturated rings. The highest BCUT2D eigenvalue weighted by molar-refractivity contribution is 5.98. The third-order valence-electron chi connectivity index (χ3n) is 7.24. The second-order valence-corrected chi connectivity index (χ2v) is 9.40. The van der Waals surface area contributed by atoms with Crippen LogP contribution in [-0.4, -0.2) is 54.2 Å². The van der Waals surface area contributed by atoms with Crippen molar-refractivity contribution in [1.29, 1.82) is 0 Å². The van der Waals surface area contributed by atoms with E-state index in [9.17, 15) is 18.0 Å². The van der Waals surface area contributed by atoms with Crippen LogP contribution in [0, 0.1) is 0 Å². The van der Waals surface area contributed by atoms with Crippen molar-refractivity contribution in [3.8, 4) is 0 Å². The molecule has 1 amide bonds. The predicted molar refractivity (Wildman–Crippen MR) is 132 cm³/mol. The summed E-state index contributed by atoms with van der Waals surface area (Å²) < 4.78 is 31.7. The first-order valence-electron chi connectivity index (χ1n) is 12.1. The highest BCUT2D eigenvalue weighted by Gasteiger charge is 2.40. The lowest BCUT2D eigenvalue weighted by molar-refractivity contribution is -0.192. The molecule has 2 aliphatic rings. The van der Waals surface area contributed by atoms with Gasteiger partial charge in [0, 0.05) is 18.7 Å². The molecule has 190 valence electrons. The minimum atomic E-state index is -5.08. The lowest BCUT2D eigenvalue weighted by Gasteiger charge is -2.40. The van der Waals surface area contributed by atoms with Crippen LogP contribution in [0.5, 0.6) is 0 Å². The molecule has 1 spiro atoms. The van der Waals surface area contributed by atoms with Gasteiger partial charge < -0.3 is 15.3 Å². The van der Waals surface area contributed by atoms with Gasteiger partial charge in [0.25, 0.3) is 5.91 Å². The smallest absolute Gasteiger partial charge is 0.475 e. The zero-order chi connectivity index (χ0) is 25.8. The maximum Gasteiger partial charge on any atom is 0.490 e. The number of likely N-dealkylation sites (tertiary alicyclic amines) is 1. The summed E-state index contributed by atoms with van der Waals surface area (Å²) in [6.07, 6.45) is -0.0673. The molecule has 1 aliphatic heterocycles. The van der Waals surface area contributed by atoms with Gasteiger partial charge >= 0.3 is 12.1 Å².